The van der Waals surface area contributed by atoms with Crippen LogP contribution in [0.25, 0.3) is 0 Å². The smallest absolute Gasteiger partial charge is 0.237 e. The standard InChI is InChI=1S/C13H17FN2O/c1-9(10-4-6-11(14)7-5-10)16-13(17)12-3-2-8-15-12/h4-7,9,12,15H,2-3,8H2,1H3,(H,16,17)/t9-,12?/m1/s1. The van der Waals surface area contributed by atoms with Crippen LogP contribution in [-0.4, -0.2) is 18.5 Å². The first-order valence-electron chi connectivity index (χ1n) is 5.96. The normalized spacial score (nSPS) is 21.2. The van der Waals surface area contributed by atoms with Crippen molar-refractivity contribution in [1.82, 2.24) is 10.6 Å². The Labute approximate surface area is 100 Å². The highest BCUT2D eigenvalue weighted by Gasteiger charge is 2.23. The van der Waals surface area contributed by atoms with Gasteiger partial charge in [-0.05, 0) is 44.0 Å². The molecule has 3 nitrogen and oxygen atoms in total. The van der Waals surface area contributed by atoms with Crippen molar-refractivity contribution in [3.05, 3.63) is 35.6 Å². The molecular formula is C13H17FN2O. The third kappa shape index (κ3) is 3.03. The Morgan fingerprint density at radius 1 is 1.47 bits per heavy atom. The van der Waals surface area contributed by atoms with E-state index in [4.69, 9.17) is 0 Å². The first-order valence-corrected chi connectivity index (χ1v) is 5.96. The summed E-state index contributed by atoms with van der Waals surface area (Å²) in [5.41, 5.74) is 0.915. The van der Waals surface area contributed by atoms with E-state index in [1.165, 1.54) is 12.1 Å². The molecular weight excluding hydrogens is 219 g/mol. The Bertz CT molecular complexity index is 385. The van der Waals surface area contributed by atoms with E-state index in [9.17, 15) is 9.18 Å². The number of amides is 1. The van der Waals surface area contributed by atoms with E-state index < -0.39 is 0 Å². The molecule has 1 aromatic rings. The maximum absolute atomic E-state index is 12.8. The Hall–Kier alpha value is -1.42. The molecule has 1 unspecified atom stereocenters. The molecule has 1 amide bonds. The predicted octanol–water partition coefficient (Wildman–Crippen LogP) is 1.75. The number of carbonyl (C=O) groups is 1. The third-order valence-electron chi connectivity index (χ3n) is 3.11. The highest BCUT2D eigenvalue weighted by Crippen LogP contribution is 2.14. The van der Waals surface area contributed by atoms with Gasteiger partial charge >= 0.3 is 0 Å². The lowest BCUT2D eigenvalue weighted by atomic mass is 10.1. The van der Waals surface area contributed by atoms with Gasteiger partial charge in [0.15, 0.2) is 0 Å². The quantitative estimate of drug-likeness (QED) is 0.839. The molecule has 0 aliphatic carbocycles. The van der Waals surface area contributed by atoms with Gasteiger partial charge in [-0.2, -0.15) is 0 Å². The summed E-state index contributed by atoms with van der Waals surface area (Å²) in [6.45, 7) is 2.81. The second-order valence-electron chi connectivity index (χ2n) is 4.43. The molecule has 0 radical (unpaired) electrons. The van der Waals surface area contributed by atoms with E-state index in [0.717, 1.165) is 24.9 Å². The summed E-state index contributed by atoms with van der Waals surface area (Å²) in [4.78, 5) is 11.8. The van der Waals surface area contributed by atoms with Gasteiger partial charge in [-0.3, -0.25) is 4.79 Å². The Balaban J connectivity index is 1.93. The first-order chi connectivity index (χ1) is 8.16. The van der Waals surface area contributed by atoms with Gasteiger partial charge in [0.05, 0.1) is 12.1 Å². The zero-order valence-electron chi connectivity index (χ0n) is 9.87. The number of nitrogens with one attached hydrogen (secondary N) is 2. The van der Waals surface area contributed by atoms with Crippen molar-refractivity contribution in [1.29, 1.82) is 0 Å². The van der Waals surface area contributed by atoms with Crippen LogP contribution < -0.4 is 10.6 Å². The van der Waals surface area contributed by atoms with Crippen LogP contribution in [0.15, 0.2) is 24.3 Å². The zero-order valence-corrected chi connectivity index (χ0v) is 9.87. The minimum Gasteiger partial charge on any atom is -0.348 e. The molecule has 92 valence electrons. The number of benzene rings is 1. The van der Waals surface area contributed by atoms with Gasteiger partial charge in [0.1, 0.15) is 5.82 Å². The Morgan fingerprint density at radius 2 is 2.18 bits per heavy atom. The Morgan fingerprint density at radius 3 is 2.76 bits per heavy atom. The fourth-order valence-electron chi connectivity index (χ4n) is 2.06. The average Bonchev–Trinajstić information content (AvgIpc) is 2.83. The maximum atomic E-state index is 12.8. The van der Waals surface area contributed by atoms with Crippen LogP contribution in [-0.2, 0) is 4.79 Å². The maximum Gasteiger partial charge on any atom is 0.237 e. The summed E-state index contributed by atoms with van der Waals surface area (Å²) in [6, 6.07) is 6.05. The van der Waals surface area contributed by atoms with Crippen molar-refractivity contribution in [2.45, 2.75) is 31.8 Å². The number of halogens is 1. The number of hydrogen-bond donors (Lipinski definition) is 2. The van der Waals surface area contributed by atoms with E-state index in [-0.39, 0.29) is 23.8 Å². The van der Waals surface area contributed by atoms with Crippen molar-refractivity contribution < 1.29 is 9.18 Å². The van der Waals surface area contributed by atoms with E-state index in [1.807, 2.05) is 6.92 Å². The molecule has 2 atom stereocenters. The van der Waals surface area contributed by atoms with Crippen LogP contribution in [0.2, 0.25) is 0 Å². The first kappa shape index (κ1) is 12.0. The minimum atomic E-state index is -0.260. The SMILES string of the molecule is C[C@@H](NC(=O)C1CCCN1)c1ccc(F)cc1. The number of rotatable bonds is 3. The van der Waals surface area contributed by atoms with Crippen molar-refractivity contribution in [2.75, 3.05) is 6.54 Å². The zero-order chi connectivity index (χ0) is 12.3. The van der Waals surface area contributed by atoms with Gasteiger partial charge in [0.25, 0.3) is 0 Å². The van der Waals surface area contributed by atoms with Crippen LogP contribution in [0, 0.1) is 5.82 Å². The molecule has 0 spiro atoms. The third-order valence-corrected chi connectivity index (χ3v) is 3.11. The van der Waals surface area contributed by atoms with Gasteiger partial charge in [-0.15, -0.1) is 0 Å². The molecule has 2 N–H and O–H groups in total. The molecule has 1 fully saturated rings. The highest BCUT2D eigenvalue weighted by molar-refractivity contribution is 5.82. The molecule has 0 aromatic heterocycles. The fraction of sp³-hybridized carbons (Fsp3) is 0.462. The van der Waals surface area contributed by atoms with Crippen LogP contribution in [0.5, 0.6) is 0 Å². The van der Waals surface area contributed by atoms with Crippen molar-refractivity contribution in [3.63, 3.8) is 0 Å². The highest BCUT2D eigenvalue weighted by atomic mass is 19.1. The fourth-order valence-corrected chi connectivity index (χ4v) is 2.06. The molecule has 2 rings (SSSR count). The Kier molecular flexibility index (Phi) is 3.74. The molecule has 0 bridgehead atoms. The minimum absolute atomic E-state index is 0.0272. The monoisotopic (exact) mass is 236 g/mol. The van der Waals surface area contributed by atoms with Gasteiger partial charge in [-0.25, -0.2) is 4.39 Å². The van der Waals surface area contributed by atoms with Crippen LogP contribution >= 0.6 is 0 Å². The molecule has 4 heteroatoms. The second-order valence-corrected chi connectivity index (χ2v) is 4.43. The van der Waals surface area contributed by atoms with Gasteiger partial charge in [0.2, 0.25) is 5.91 Å². The molecule has 17 heavy (non-hydrogen) atoms. The van der Waals surface area contributed by atoms with Crippen LogP contribution in [0.1, 0.15) is 31.4 Å². The molecule has 0 saturated carbocycles. The molecule has 1 aliphatic rings. The van der Waals surface area contributed by atoms with Crippen molar-refractivity contribution in [3.8, 4) is 0 Å². The van der Waals surface area contributed by atoms with Crippen LogP contribution in [0.4, 0.5) is 4.39 Å². The topological polar surface area (TPSA) is 41.1 Å². The summed E-state index contributed by atoms with van der Waals surface area (Å²) in [5, 5.41) is 6.08. The summed E-state index contributed by atoms with van der Waals surface area (Å²) in [7, 11) is 0. The van der Waals surface area contributed by atoms with Crippen LogP contribution in [0.3, 0.4) is 0 Å². The number of hydrogen-bond acceptors (Lipinski definition) is 2. The molecule has 1 heterocycles. The molecule has 1 aliphatic heterocycles. The lowest BCUT2D eigenvalue weighted by Gasteiger charge is -2.17. The number of carbonyl (C=O) groups excluding carboxylic acids is 1. The van der Waals surface area contributed by atoms with E-state index in [1.54, 1.807) is 12.1 Å². The van der Waals surface area contributed by atoms with Gasteiger partial charge < -0.3 is 10.6 Å². The van der Waals surface area contributed by atoms with E-state index in [2.05, 4.69) is 10.6 Å². The summed E-state index contributed by atoms with van der Waals surface area (Å²) < 4.78 is 12.8. The summed E-state index contributed by atoms with van der Waals surface area (Å²) in [6.07, 6.45) is 1.94. The lowest BCUT2D eigenvalue weighted by Crippen LogP contribution is -2.41. The lowest BCUT2D eigenvalue weighted by molar-refractivity contribution is -0.123. The van der Waals surface area contributed by atoms with E-state index >= 15 is 0 Å². The molecule has 1 aromatic carbocycles. The predicted molar refractivity (Wildman–Crippen MR) is 64.0 cm³/mol. The second kappa shape index (κ2) is 5.27. The summed E-state index contributed by atoms with van der Waals surface area (Å²) >= 11 is 0. The molecule has 1 saturated heterocycles. The van der Waals surface area contributed by atoms with Crippen molar-refractivity contribution >= 4 is 5.91 Å². The van der Waals surface area contributed by atoms with Gasteiger partial charge in [0, 0.05) is 0 Å². The van der Waals surface area contributed by atoms with Gasteiger partial charge in [-0.1, -0.05) is 12.1 Å². The largest absolute Gasteiger partial charge is 0.348 e. The summed E-state index contributed by atoms with van der Waals surface area (Å²) in [5.74, 6) is -0.232. The average molecular weight is 236 g/mol. The van der Waals surface area contributed by atoms with E-state index in [0.29, 0.717) is 0 Å². The van der Waals surface area contributed by atoms with Crippen molar-refractivity contribution in [2.24, 2.45) is 0 Å².